The minimum absolute atomic E-state index is 0.0177. The molecule has 0 saturated carbocycles. The second-order valence-electron chi connectivity index (χ2n) is 6.39. The van der Waals surface area contributed by atoms with E-state index >= 15 is 0 Å². The molecule has 0 fully saturated rings. The molecule has 2 aromatic rings. The summed E-state index contributed by atoms with van der Waals surface area (Å²) in [5, 5.41) is 8.58. The molecule has 0 saturated heterocycles. The second kappa shape index (κ2) is 7.18. The van der Waals surface area contributed by atoms with Crippen LogP contribution in [0.1, 0.15) is 22.3 Å². The van der Waals surface area contributed by atoms with E-state index in [2.05, 4.69) is 12.1 Å². The Kier molecular flexibility index (Phi) is 5.00. The molecular formula is C20H19ClO3. The molecule has 0 unspecified atom stereocenters. The summed E-state index contributed by atoms with van der Waals surface area (Å²) in [7, 11) is 0. The van der Waals surface area contributed by atoms with Crippen LogP contribution in [0.5, 0.6) is 0 Å². The maximum absolute atomic E-state index is 10.9. The van der Waals surface area contributed by atoms with Crippen LogP contribution in [0.4, 0.5) is 0 Å². The lowest BCUT2D eigenvalue weighted by molar-refractivity contribution is -0.141. The quantitative estimate of drug-likeness (QED) is 0.847. The Bertz CT molecular complexity index is 653. The highest BCUT2D eigenvalue weighted by Crippen LogP contribution is 2.28. The highest BCUT2D eigenvalue weighted by atomic mass is 35.5. The highest BCUT2D eigenvalue weighted by Gasteiger charge is 2.26. The molecule has 2 aliphatic carbocycles. The Labute approximate surface area is 146 Å². The zero-order valence-corrected chi connectivity index (χ0v) is 14.0. The molecule has 0 spiro atoms. The van der Waals surface area contributed by atoms with Gasteiger partial charge in [-0.15, -0.1) is 0 Å². The van der Waals surface area contributed by atoms with E-state index in [-0.39, 0.29) is 17.1 Å². The average Bonchev–Trinajstić information content (AvgIpc) is 3.19. The summed E-state index contributed by atoms with van der Waals surface area (Å²) < 4.78 is 0. The van der Waals surface area contributed by atoms with Crippen LogP contribution in [0, 0.1) is 11.8 Å². The SMILES string of the molecule is O=C(Cl)C1Cc2ccccc2C1.O=C(O)C1Cc2ccccc2C1. The summed E-state index contributed by atoms with van der Waals surface area (Å²) in [6, 6.07) is 16.1. The van der Waals surface area contributed by atoms with Gasteiger partial charge in [0.2, 0.25) is 5.24 Å². The molecule has 4 heteroatoms. The first-order valence-corrected chi connectivity index (χ1v) is 8.48. The van der Waals surface area contributed by atoms with E-state index in [1.165, 1.54) is 22.3 Å². The van der Waals surface area contributed by atoms with Crippen molar-refractivity contribution in [1.82, 2.24) is 0 Å². The number of aliphatic carboxylic acids is 1. The lowest BCUT2D eigenvalue weighted by Gasteiger charge is -1.98. The number of halogens is 1. The largest absolute Gasteiger partial charge is 0.481 e. The number of benzene rings is 2. The zero-order chi connectivity index (χ0) is 17.1. The Balaban J connectivity index is 0.000000141. The third kappa shape index (κ3) is 3.68. The Morgan fingerprint density at radius 2 is 1.08 bits per heavy atom. The van der Waals surface area contributed by atoms with E-state index in [0.717, 1.165) is 12.8 Å². The molecule has 0 aliphatic heterocycles. The van der Waals surface area contributed by atoms with Crippen molar-refractivity contribution in [3.05, 3.63) is 70.8 Å². The van der Waals surface area contributed by atoms with Crippen LogP contribution >= 0.6 is 11.6 Å². The van der Waals surface area contributed by atoms with Crippen molar-refractivity contribution in [2.24, 2.45) is 11.8 Å². The number of carboxylic acids is 1. The molecular weight excluding hydrogens is 324 g/mol. The summed E-state index contributed by atoms with van der Waals surface area (Å²) >= 11 is 5.44. The van der Waals surface area contributed by atoms with Crippen LogP contribution in [-0.4, -0.2) is 16.3 Å². The van der Waals surface area contributed by atoms with Gasteiger partial charge < -0.3 is 5.11 Å². The van der Waals surface area contributed by atoms with Crippen LogP contribution in [0.2, 0.25) is 0 Å². The third-order valence-corrected chi connectivity index (χ3v) is 5.08. The van der Waals surface area contributed by atoms with Gasteiger partial charge in [-0.05, 0) is 59.5 Å². The molecule has 24 heavy (non-hydrogen) atoms. The second-order valence-corrected chi connectivity index (χ2v) is 6.76. The molecule has 0 aromatic heterocycles. The molecule has 3 nitrogen and oxygen atoms in total. The van der Waals surface area contributed by atoms with Gasteiger partial charge in [0, 0.05) is 5.92 Å². The number of carboxylic acid groups (broad SMARTS) is 1. The van der Waals surface area contributed by atoms with E-state index in [4.69, 9.17) is 16.7 Å². The molecule has 2 aromatic carbocycles. The molecule has 4 rings (SSSR count). The lowest BCUT2D eigenvalue weighted by Crippen LogP contribution is -2.12. The van der Waals surface area contributed by atoms with Gasteiger partial charge in [-0.25, -0.2) is 0 Å². The van der Waals surface area contributed by atoms with Gasteiger partial charge >= 0.3 is 5.97 Å². The molecule has 0 amide bonds. The first kappa shape index (κ1) is 16.7. The minimum Gasteiger partial charge on any atom is -0.481 e. The van der Waals surface area contributed by atoms with E-state index < -0.39 is 5.97 Å². The zero-order valence-electron chi connectivity index (χ0n) is 13.2. The number of carbonyl (C=O) groups excluding carboxylic acids is 1. The van der Waals surface area contributed by atoms with Crippen molar-refractivity contribution in [3.8, 4) is 0 Å². The van der Waals surface area contributed by atoms with Gasteiger partial charge in [-0.1, -0.05) is 48.5 Å². The normalized spacial score (nSPS) is 16.0. The average molecular weight is 343 g/mol. The number of hydrogen-bond donors (Lipinski definition) is 1. The third-order valence-electron chi connectivity index (χ3n) is 4.77. The van der Waals surface area contributed by atoms with Crippen molar-refractivity contribution >= 4 is 22.8 Å². The lowest BCUT2D eigenvalue weighted by atomic mass is 10.1. The fourth-order valence-electron chi connectivity index (χ4n) is 3.45. The Morgan fingerprint density at radius 3 is 1.38 bits per heavy atom. The van der Waals surface area contributed by atoms with Crippen molar-refractivity contribution in [2.75, 3.05) is 0 Å². The monoisotopic (exact) mass is 342 g/mol. The van der Waals surface area contributed by atoms with Crippen LogP contribution in [0.15, 0.2) is 48.5 Å². The van der Waals surface area contributed by atoms with Gasteiger partial charge in [-0.3, -0.25) is 9.59 Å². The van der Waals surface area contributed by atoms with Crippen molar-refractivity contribution in [3.63, 3.8) is 0 Å². The maximum Gasteiger partial charge on any atom is 0.307 e. The summed E-state index contributed by atoms with van der Waals surface area (Å²) in [5.74, 6) is -0.849. The van der Waals surface area contributed by atoms with E-state index in [0.29, 0.717) is 12.8 Å². The smallest absolute Gasteiger partial charge is 0.307 e. The molecule has 0 heterocycles. The predicted octanol–water partition coefficient (Wildman–Crippen LogP) is 3.65. The van der Waals surface area contributed by atoms with Gasteiger partial charge in [0.15, 0.2) is 0 Å². The highest BCUT2D eigenvalue weighted by molar-refractivity contribution is 6.64. The Hall–Kier alpha value is -2.13. The summed E-state index contributed by atoms with van der Waals surface area (Å²) in [5.41, 5.74) is 4.95. The number of fused-ring (bicyclic) bond motifs is 2. The number of hydrogen-bond acceptors (Lipinski definition) is 2. The molecule has 0 atom stereocenters. The van der Waals surface area contributed by atoms with Crippen LogP contribution in [0.25, 0.3) is 0 Å². The van der Waals surface area contributed by atoms with E-state index in [1.807, 2.05) is 36.4 Å². The summed E-state index contributed by atoms with van der Waals surface area (Å²) in [6.45, 7) is 0. The minimum atomic E-state index is -0.675. The van der Waals surface area contributed by atoms with Crippen molar-refractivity contribution < 1.29 is 14.7 Å². The molecule has 0 bridgehead atoms. The van der Waals surface area contributed by atoms with Gasteiger partial charge in [0.25, 0.3) is 0 Å². The van der Waals surface area contributed by atoms with Crippen molar-refractivity contribution in [1.29, 1.82) is 0 Å². The van der Waals surface area contributed by atoms with Gasteiger partial charge in [-0.2, -0.15) is 0 Å². The maximum atomic E-state index is 10.9. The fourth-order valence-corrected chi connectivity index (χ4v) is 3.61. The van der Waals surface area contributed by atoms with E-state index in [9.17, 15) is 9.59 Å². The molecule has 2 aliphatic rings. The molecule has 124 valence electrons. The Morgan fingerprint density at radius 1 is 0.750 bits per heavy atom. The standard InChI is InChI=1S/C10H9ClO.C10H10O2/c2*11-10(12)9-5-7-3-1-2-4-8(7)6-9/h1-4,9H,5-6H2;1-4,9H,5-6H2,(H,11,12). The molecule has 0 radical (unpaired) electrons. The first-order valence-electron chi connectivity index (χ1n) is 8.10. The van der Waals surface area contributed by atoms with Crippen LogP contribution in [0.3, 0.4) is 0 Å². The topological polar surface area (TPSA) is 54.4 Å². The van der Waals surface area contributed by atoms with Crippen molar-refractivity contribution in [2.45, 2.75) is 25.7 Å². The van der Waals surface area contributed by atoms with Gasteiger partial charge in [0.05, 0.1) is 5.92 Å². The summed E-state index contributed by atoms with van der Waals surface area (Å²) in [4.78, 5) is 21.6. The van der Waals surface area contributed by atoms with Crippen LogP contribution < -0.4 is 0 Å². The fraction of sp³-hybridized carbons (Fsp3) is 0.300. The molecule has 1 N–H and O–H groups in total. The number of carbonyl (C=O) groups is 2. The first-order chi connectivity index (χ1) is 11.5. The van der Waals surface area contributed by atoms with Gasteiger partial charge in [0.1, 0.15) is 0 Å². The summed E-state index contributed by atoms with van der Waals surface area (Å²) in [6.07, 6.45) is 3.04. The predicted molar refractivity (Wildman–Crippen MR) is 93.2 cm³/mol. The van der Waals surface area contributed by atoms with E-state index in [1.54, 1.807) is 0 Å². The van der Waals surface area contributed by atoms with Crippen LogP contribution in [-0.2, 0) is 35.3 Å². The number of rotatable bonds is 2.